The molecule has 0 bridgehead atoms. The number of likely N-dealkylation sites (tertiary alicyclic amines) is 1. The molecule has 0 aromatic heterocycles. The Bertz CT molecular complexity index is 814. The summed E-state index contributed by atoms with van der Waals surface area (Å²) in [5, 5.41) is 2.85. The first kappa shape index (κ1) is 22.0. The van der Waals surface area contributed by atoms with Crippen LogP contribution in [0.3, 0.4) is 0 Å². The molecule has 1 aromatic carbocycles. The van der Waals surface area contributed by atoms with Gasteiger partial charge in [-0.2, -0.15) is 0 Å². The second-order valence-corrected chi connectivity index (χ2v) is 10.8. The Balaban J connectivity index is 1.47. The number of sulfonamides is 1. The van der Waals surface area contributed by atoms with E-state index >= 15 is 0 Å². The number of carbonyl (C=O) groups excluding carboxylic acids is 1. The lowest BCUT2D eigenvalue weighted by molar-refractivity contribution is 0.0788. The summed E-state index contributed by atoms with van der Waals surface area (Å²) in [6, 6.07) is 4.73. The average molecular weight is 426 g/mol. The zero-order chi connectivity index (χ0) is 21.0. The summed E-state index contributed by atoms with van der Waals surface area (Å²) in [4.78, 5) is 14.1. The van der Waals surface area contributed by atoms with Gasteiger partial charge in [-0.3, -0.25) is 4.79 Å². The minimum absolute atomic E-state index is 0.00646. The average Bonchev–Trinajstić information content (AvgIpc) is 3.21. The summed E-state index contributed by atoms with van der Waals surface area (Å²) >= 11 is 0. The predicted octanol–water partition coefficient (Wildman–Crippen LogP) is 3.36. The van der Waals surface area contributed by atoms with Crippen molar-refractivity contribution in [1.82, 2.24) is 9.62 Å². The molecule has 2 fully saturated rings. The molecule has 8 heteroatoms. The highest BCUT2D eigenvalue weighted by Crippen LogP contribution is 2.26. The molecule has 0 unspecified atom stereocenters. The lowest BCUT2D eigenvalue weighted by Crippen LogP contribution is -2.41. The fourth-order valence-corrected chi connectivity index (χ4v) is 4.98. The van der Waals surface area contributed by atoms with Crippen LogP contribution < -0.4 is 10.0 Å². The topological polar surface area (TPSA) is 78.5 Å². The molecule has 1 aliphatic carbocycles. The van der Waals surface area contributed by atoms with E-state index in [0.717, 1.165) is 38.5 Å². The number of benzene rings is 1. The molecular formula is C21H32FN3O3S. The number of anilines is 1. The van der Waals surface area contributed by atoms with Crippen molar-refractivity contribution >= 4 is 21.6 Å². The van der Waals surface area contributed by atoms with Gasteiger partial charge in [0.1, 0.15) is 5.82 Å². The van der Waals surface area contributed by atoms with Crippen LogP contribution in [0.25, 0.3) is 0 Å². The van der Waals surface area contributed by atoms with Crippen LogP contribution in [0.2, 0.25) is 0 Å². The number of hydrogen-bond acceptors (Lipinski definition) is 4. The van der Waals surface area contributed by atoms with Crippen LogP contribution in [0.4, 0.5) is 10.1 Å². The van der Waals surface area contributed by atoms with E-state index in [1.54, 1.807) is 30.9 Å². The normalized spacial score (nSPS) is 22.8. The molecular weight excluding hydrogens is 393 g/mol. The van der Waals surface area contributed by atoms with E-state index in [0.29, 0.717) is 31.2 Å². The van der Waals surface area contributed by atoms with E-state index in [2.05, 4.69) is 10.0 Å². The van der Waals surface area contributed by atoms with Crippen molar-refractivity contribution < 1.29 is 17.6 Å². The second kappa shape index (κ2) is 9.43. The molecule has 1 aliphatic heterocycles. The molecule has 2 N–H and O–H groups in total. The third-order valence-electron chi connectivity index (χ3n) is 5.99. The molecule has 29 heavy (non-hydrogen) atoms. The van der Waals surface area contributed by atoms with Crippen LogP contribution in [-0.4, -0.2) is 50.2 Å². The summed E-state index contributed by atoms with van der Waals surface area (Å²) in [6.07, 6.45) is 5.44. The zero-order valence-electron chi connectivity index (χ0n) is 17.3. The van der Waals surface area contributed by atoms with E-state index in [1.165, 1.54) is 6.07 Å². The lowest BCUT2D eigenvalue weighted by Gasteiger charge is -2.29. The Kier molecular flexibility index (Phi) is 7.16. The molecule has 1 aromatic rings. The van der Waals surface area contributed by atoms with Crippen LogP contribution in [0.1, 0.15) is 62.7 Å². The Labute approximate surface area is 173 Å². The van der Waals surface area contributed by atoms with Gasteiger partial charge in [0.2, 0.25) is 10.0 Å². The Morgan fingerprint density at radius 1 is 1.17 bits per heavy atom. The van der Waals surface area contributed by atoms with Gasteiger partial charge in [-0.1, -0.05) is 0 Å². The third kappa shape index (κ3) is 5.69. The SMILES string of the molecule is CC(C)S(=O)(=O)N[C@H]1CC[C@H](CNc2ccc(C(=O)N3CCCC3)c(F)c2)CC1. The van der Waals surface area contributed by atoms with Crippen LogP contribution in [-0.2, 0) is 10.0 Å². The molecule has 162 valence electrons. The number of halogens is 1. The van der Waals surface area contributed by atoms with Crippen molar-refractivity contribution in [1.29, 1.82) is 0 Å². The molecule has 2 aliphatic rings. The van der Waals surface area contributed by atoms with E-state index in [-0.39, 0.29) is 17.5 Å². The highest BCUT2D eigenvalue weighted by atomic mass is 32.2. The Morgan fingerprint density at radius 2 is 1.83 bits per heavy atom. The van der Waals surface area contributed by atoms with Gasteiger partial charge in [-0.05, 0) is 76.5 Å². The summed E-state index contributed by atoms with van der Waals surface area (Å²) in [5.74, 6) is -0.295. The van der Waals surface area contributed by atoms with Crippen molar-refractivity contribution in [3.63, 3.8) is 0 Å². The molecule has 6 nitrogen and oxygen atoms in total. The number of carbonyl (C=O) groups is 1. The summed E-state index contributed by atoms with van der Waals surface area (Å²) < 4.78 is 41.2. The monoisotopic (exact) mass is 425 g/mol. The van der Waals surface area contributed by atoms with Gasteiger partial charge in [0.25, 0.3) is 5.91 Å². The minimum Gasteiger partial charge on any atom is -0.385 e. The number of nitrogens with zero attached hydrogens (tertiary/aromatic N) is 1. The molecule has 1 amide bonds. The van der Waals surface area contributed by atoms with Gasteiger partial charge in [0.05, 0.1) is 10.8 Å². The van der Waals surface area contributed by atoms with Crippen LogP contribution in [0.15, 0.2) is 18.2 Å². The standard InChI is InChI=1S/C21H32FN3O3S/c1-15(2)29(27,28)24-17-7-5-16(6-8-17)14-23-18-9-10-19(20(22)13-18)21(26)25-11-3-4-12-25/h9-10,13,15-17,23-24H,3-8,11-12,14H2,1-2H3/t16-,17-. The number of amides is 1. The highest BCUT2D eigenvalue weighted by molar-refractivity contribution is 7.90. The Morgan fingerprint density at radius 3 is 2.41 bits per heavy atom. The third-order valence-corrected chi connectivity index (χ3v) is 7.89. The number of hydrogen-bond donors (Lipinski definition) is 2. The molecule has 1 saturated carbocycles. The molecule has 0 radical (unpaired) electrons. The van der Waals surface area contributed by atoms with Gasteiger partial charge in [0, 0.05) is 31.4 Å². The predicted molar refractivity (Wildman–Crippen MR) is 113 cm³/mol. The molecule has 3 rings (SSSR count). The number of rotatable bonds is 7. The minimum atomic E-state index is -3.23. The van der Waals surface area contributed by atoms with Gasteiger partial charge in [0.15, 0.2) is 0 Å². The van der Waals surface area contributed by atoms with E-state index in [9.17, 15) is 17.6 Å². The maximum atomic E-state index is 14.4. The molecule has 1 heterocycles. The van der Waals surface area contributed by atoms with Crippen LogP contribution >= 0.6 is 0 Å². The summed E-state index contributed by atoms with van der Waals surface area (Å²) in [5.41, 5.74) is 0.804. The van der Waals surface area contributed by atoms with Crippen molar-refractivity contribution in [3.8, 4) is 0 Å². The van der Waals surface area contributed by atoms with Gasteiger partial charge >= 0.3 is 0 Å². The quantitative estimate of drug-likeness (QED) is 0.702. The number of nitrogens with one attached hydrogen (secondary N) is 2. The van der Waals surface area contributed by atoms with Crippen molar-refractivity contribution in [3.05, 3.63) is 29.6 Å². The second-order valence-electron chi connectivity index (χ2n) is 8.50. The fourth-order valence-electron chi connectivity index (χ4n) is 4.00. The first-order valence-corrected chi connectivity index (χ1v) is 12.1. The maximum absolute atomic E-state index is 14.4. The Hall–Kier alpha value is -1.67. The zero-order valence-corrected chi connectivity index (χ0v) is 18.1. The maximum Gasteiger partial charge on any atom is 0.256 e. The summed E-state index contributed by atoms with van der Waals surface area (Å²) in [6.45, 7) is 5.48. The van der Waals surface area contributed by atoms with E-state index in [4.69, 9.17) is 0 Å². The first-order chi connectivity index (χ1) is 13.8. The van der Waals surface area contributed by atoms with Gasteiger partial charge in [-0.15, -0.1) is 0 Å². The lowest BCUT2D eigenvalue weighted by atomic mass is 9.86. The fraction of sp³-hybridized carbons (Fsp3) is 0.667. The summed E-state index contributed by atoms with van der Waals surface area (Å²) in [7, 11) is -3.23. The molecule has 0 spiro atoms. The van der Waals surface area contributed by atoms with E-state index in [1.807, 2.05) is 0 Å². The van der Waals surface area contributed by atoms with Gasteiger partial charge in [-0.25, -0.2) is 17.5 Å². The van der Waals surface area contributed by atoms with Crippen molar-refractivity contribution in [2.75, 3.05) is 25.0 Å². The first-order valence-electron chi connectivity index (χ1n) is 10.6. The molecule has 1 saturated heterocycles. The highest BCUT2D eigenvalue weighted by Gasteiger charge is 2.26. The van der Waals surface area contributed by atoms with Gasteiger partial charge < -0.3 is 10.2 Å². The van der Waals surface area contributed by atoms with Crippen molar-refractivity contribution in [2.24, 2.45) is 5.92 Å². The largest absolute Gasteiger partial charge is 0.385 e. The molecule has 0 atom stereocenters. The van der Waals surface area contributed by atoms with Crippen LogP contribution in [0.5, 0.6) is 0 Å². The van der Waals surface area contributed by atoms with Crippen LogP contribution in [0, 0.1) is 11.7 Å². The smallest absolute Gasteiger partial charge is 0.256 e. The van der Waals surface area contributed by atoms with E-state index < -0.39 is 21.1 Å². The van der Waals surface area contributed by atoms with Crippen molar-refractivity contribution in [2.45, 2.75) is 63.7 Å².